The molecule has 0 aliphatic carbocycles. The highest BCUT2D eigenvalue weighted by Gasteiger charge is 2.11. The lowest BCUT2D eigenvalue weighted by Gasteiger charge is -2.06. The number of rotatable bonds is 3. The minimum atomic E-state index is -0.242. The van der Waals surface area contributed by atoms with E-state index in [-0.39, 0.29) is 5.97 Å². The van der Waals surface area contributed by atoms with Crippen LogP contribution in [-0.4, -0.2) is 18.8 Å². The standard InChI is InChI=1S/C10H11IO2S/c1-3-13-10(12)8-5-4-7(11)6-9(8)14-2/h4-6H,3H2,1-2H3. The average molecular weight is 322 g/mol. The first kappa shape index (κ1) is 11.8. The van der Waals surface area contributed by atoms with Gasteiger partial charge in [-0.2, -0.15) is 0 Å². The van der Waals surface area contributed by atoms with Gasteiger partial charge in [-0.1, -0.05) is 0 Å². The summed E-state index contributed by atoms with van der Waals surface area (Å²) in [5.74, 6) is -0.242. The molecule has 0 aromatic heterocycles. The molecule has 2 nitrogen and oxygen atoms in total. The zero-order valence-corrected chi connectivity index (χ0v) is 11.0. The summed E-state index contributed by atoms with van der Waals surface area (Å²) in [5, 5.41) is 0. The third kappa shape index (κ3) is 2.88. The second-order valence-corrected chi connectivity index (χ2v) is 4.66. The van der Waals surface area contributed by atoms with Crippen LogP contribution in [0.1, 0.15) is 17.3 Å². The van der Waals surface area contributed by atoms with E-state index < -0.39 is 0 Å². The van der Waals surface area contributed by atoms with Crippen molar-refractivity contribution in [3.05, 3.63) is 27.3 Å². The third-order valence-electron chi connectivity index (χ3n) is 1.66. The van der Waals surface area contributed by atoms with Gasteiger partial charge in [-0.25, -0.2) is 4.79 Å². The summed E-state index contributed by atoms with van der Waals surface area (Å²) >= 11 is 3.78. The zero-order chi connectivity index (χ0) is 10.6. The van der Waals surface area contributed by atoms with Crippen LogP contribution in [0.4, 0.5) is 0 Å². The monoisotopic (exact) mass is 322 g/mol. The number of ether oxygens (including phenoxy) is 1. The Morgan fingerprint density at radius 3 is 2.86 bits per heavy atom. The fraction of sp³-hybridized carbons (Fsp3) is 0.300. The number of esters is 1. The fourth-order valence-corrected chi connectivity index (χ4v) is 2.36. The highest BCUT2D eigenvalue weighted by molar-refractivity contribution is 14.1. The van der Waals surface area contributed by atoms with Crippen LogP contribution in [0.25, 0.3) is 0 Å². The van der Waals surface area contributed by atoms with E-state index in [1.807, 2.05) is 31.4 Å². The van der Waals surface area contributed by atoms with Gasteiger partial charge in [0.15, 0.2) is 0 Å². The molecule has 4 heteroatoms. The molecule has 0 aliphatic heterocycles. The van der Waals surface area contributed by atoms with Gasteiger partial charge >= 0.3 is 5.97 Å². The van der Waals surface area contributed by atoms with Crippen LogP contribution in [0.15, 0.2) is 23.1 Å². The molecule has 0 N–H and O–H groups in total. The van der Waals surface area contributed by atoms with Gasteiger partial charge in [0.1, 0.15) is 0 Å². The molecule has 0 unspecified atom stereocenters. The molecule has 14 heavy (non-hydrogen) atoms. The van der Waals surface area contributed by atoms with Gasteiger partial charge in [0, 0.05) is 8.47 Å². The van der Waals surface area contributed by atoms with Gasteiger partial charge in [-0.15, -0.1) is 11.8 Å². The lowest BCUT2D eigenvalue weighted by Crippen LogP contribution is -2.06. The number of halogens is 1. The summed E-state index contributed by atoms with van der Waals surface area (Å²) in [6.45, 7) is 2.22. The summed E-state index contributed by atoms with van der Waals surface area (Å²) in [5.41, 5.74) is 0.653. The van der Waals surface area contributed by atoms with Crippen LogP contribution in [0, 0.1) is 3.57 Å². The Labute approximate surface area is 102 Å². The van der Waals surface area contributed by atoms with Crippen LogP contribution in [-0.2, 0) is 4.74 Å². The molecule has 1 aromatic rings. The quantitative estimate of drug-likeness (QED) is 0.486. The smallest absolute Gasteiger partial charge is 0.339 e. The van der Waals surface area contributed by atoms with Crippen molar-refractivity contribution in [2.24, 2.45) is 0 Å². The Morgan fingerprint density at radius 1 is 1.57 bits per heavy atom. The van der Waals surface area contributed by atoms with E-state index >= 15 is 0 Å². The molecule has 0 saturated carbocycles. The number of carbonyl (C=O) groups excluding carboxylic acids is 1. The molecule has 1 rings (SSSR count). The van der Waals surface area contributed by atoms with E-state index in [1.165, 1.54) is 0 Å². The number of hydrogen-bond acceptors (Lipinski definition) is 3. The molecule has 0 amide bonds. The maximum absolute atomic E-state index is 11.5. The van der Waals surface area contributed by atoms with E-state index in [4.69, 9.17) is 4.74 Å². The van der Waals surface area contributed by atoms with Gasteiger partial charge < -0.3 is 4.74 Å². The summed E-state index contributed by atoms with van der Waals surface area (Å²) in [4.78, 5) is 12.5. The van der Waals surface area contributed by atoms with E-state index in [2.05, 4.69) is 22.6 Å². The van der Waals surface area contributed by atoms with Crippen molar-refractivity contribution in [3.8, 4) is 0 Å². The first-order chi connectivity index (χ1) is 6.69. The van der Waals surface area contributed by atoms with E-state index in [1.54, 1.807) is 11.8 Å². The molecule has 76 valence electrons. The first-order valence-electron chi connectivity index (χ1n) is 4.19. The second-order valence-electron chi connectivity index (χ2n) is 2.57. The average Bonchev–Trinajstić information content (AvgIpc) is 2.17. The van der Waals surface area contributed by atoms with Gasteiger partial charge in [0.05, 0.1) is 12.2 Å². The Hall–Kier alpha value is -0.230. The predicted octanol–water partition coefficient (Wildman–Crippen LogP) is 3.19. The lowest BCUT2D eigenvalue weighted by atomic mass is 10.2. The van der Waals surface area contributed by atoms with Crippen molar-refractivity contribution in [1.82, 2.24) is 0 Å². The summed E-state index contributed by atoms with van der Waals surface area (Å²) < 4.78 is 6.08. The molecule has 0 atom stereocenters. The maximum atomic E-state index is 11.5. The minimum Gasteiger partial charge on any atom is -0.462 e. The normalized spacial score (nSPS) is 9.93. The zero-order valence-electron chi connectivity index (χ0n) is 8.04. The maximum Gasteiger partial charge on any atom is 0.339 e. The predicted molar refractivity (Wildman–Crippen MR) is 66.9 cm³/mol. The van der Waals surface area contributed by atoms with Crippen molar-refractivity contribution >= 4 is 40.3 Å². The SMILES string of the molecule is CCOC(=O)c1ccc(I)cc1SC. The van der Waals surface area contributed by atoms with Gasteiger partial charge in [-0.05, 0) is 54.0 Å². The Morgan fingerprint density at radius 2 is 2.29 bits per heavy atom. The molecule has 1 aromatic carbocycles. The van der Waals surface area contributed by atoms with E-state index in [9.17, 15) is 4.79 Å². The van der Waals surface area contributed by atoms with Crippen molar-refractivity contribution in [3.63, 3.8) is 0 Å². The van der Waals surface area contributed by atoms with Crippen LogP contribution in [0.5, 0.6) is 0 Å². The highest BCUT2D eigenvalue weighted by atomic mass is 127. The van der Waals surface area contributed by atoms with Crippen molar-refractivity contribution in [1.29, 1.82) is 0 Å². The molecule has 0 spiro atoms. The Kier molecular flexibility index (Phi) is 4.74. The minimum absolute atomic E-state index is 0.242. The number of hydrogen-bond donors (Lipinski definition) is 0. The van der Waals surface area contributed by atoms with Crippen LogP contribution in [0.3, 0.4) is 0 Å². The topological polar surface area (TPSA) is 26.3 Å². The molecule has 0 radical (unpaired) electrons. The Balaban J connectivity index is 3.01. The molecular weight excluding hydrogens is 311 g/mol. The van der Waals surface area contributed by atoms with Crippen molar-refractivity contribution in [2.75, 3.05) is 12.9 Å². The third-order valence-corrected chi connectivity index (χ3v) is 3.11. The van der Waals surface area contributed by atoms with Crippen molar-refractivity contribution in [2.45, 2.75) is 11.8 Å². The number of carbonyl (C=O) groups is 1. The molecule has 0 heterocycles. The second kappa shape index (κ2) is 5.60. The van der Waals surface area contributed by atoms with Gasteiger partial charge in [0.2, 0.25) is 0 Å². The van der Waals surface area contributed by atoms with Gasteiger partial charge in [-0.3, -0.25) is 0 Å². The van der Waals surface area contributed by atoms with Crippen LogP contribution < -0.4 is 0 Å². The molecular formula is C10H11IO2S. The number of benzene rings is 1. The summed E-state index contributed by atoms with van der Waals surface area (Å²) in [6.07, 6.45) is 1.95. The molecule has 0 aliphatic rings. The largest absolute Gasteiger partial charge is 0.462 e. The fourth-order valence-electron chi connectivity index (χ4n) is 1.04. The van der Waals surface area contributed by atoms with E-state index in [0.717, 1.165) is 8.47 Å². The van der Waals surface area contributed by atoms with Crippen LogP contribution >= 0.6 is 34.4 Å². The molecule has 0 saturated heterocycles. The molecule has 0 fully saturated rings. The van der Waals surface area contributed by atoms with Crippen molar-refractivity contribution < 1.29 is 9.53 Å². The first-order valence-corrected chi connectivity index (χ1v) is 6.50. The number of thioether (sulfide) groups is 1. The van der Waals surface area contributed by atoms with E-state index in [0.29, 0.717) is 12.2 Å². The van der Waals surface area contributed by atoms with Crippen LogP contribution in [0.2, 0.25) is 0 Å². The molecule has 0 bridgehead atoms. The highest BCUT2D eigenvalue weighted by Crippen LogP contribution is 2.23. The lowest BCUT2D eigenvalue weighted by molar-refractivity contribution is 0.0522. The Bertz CT molecular complexity index is 339. The summed E-state index contributed by atoms with van der Waals surface area (Å²) in [6, 6.07) is 5.70. The van der Waals surface area contributed by atoms with Gasteiger partial charge in [0.25, 0.3) is 0 Å². The summed E-state index contributed by atoms with van der Waals surface area (Å²) in [7, 11) is 0.